The van der Waals surface area contributed by atoms with Crippen molar-refractivity contribution in [2.45, 2.75) is 13.5 Å². The summed E-state index contributed by atoms with van der Waals surface area (Å²) in [5.74, 6) is 2.47. The van der Waals surface area contributed by atoms with Gasteiger partial charge in [0, 0.05) is 13.6 Å². The highest BCUT2D eigenvalue weighted by Gasteiger charge is 2.00. The molecule has 2 aromatic rings. The number of rotatable bonds is 7. The quantitative estimate of drug-likeness (QED) is 0.291. The Morgan fingerprint density at radius 2 is 1.80 bits per heavy atom. The van der Waals surface area contributed by atoms with E-state index in [1.54, 1.807) is 14.2 Å². The summed E-state index contributed by atoms with van der Waals surface area (Å²) in [6, 6.07) is 16.0. The number of methoxy groups -OCH3 is 1. The van der Waals surface area contributed by atoms with Gasteiger partial charge in [0.25, 0.3) is 0 Å². The molecule has 6 heteroatoms. The SMILES string of the molecule is CN=C(NCCOc1ccc(C)cc1)NCc1cccc(OC)c1.I. The number of hydrogen-bond donors (Lipinski definition) is 2. The first-order valence-electron chi connectivity index (χ1n) is 7.98. The molecule has 2 aromatic carbocycles. The van der Waals surface area contributed by atoms with Gasteiger partial charge in [-0.1, -0.05) is 29.8 Å². The van der Waals surface area contributed by atoms with Gasteiger partial charge in [-0.3, -0.25) is 4.99 Å². The molecule has 0 fully saturated rings. The fourth-order valence-corrected chi connectivity index (χ4v) is 2.16. The molecule has 0 aromatic heterocycles. The molecule has 136 valence electrons. The molecule has 0 atom stereocenters. The van der Waals surface area contributed by atoms with Crippen LogP contribution in [0.15, 0.2) is 53.5 Å². The Labute approximate surface area is 166 Å². The molecule has 0 amide bonds. The van der Waals surface area contributed by atoms with Crippen LogP contribution in [0.4, 0.5) is 0 Å². The van der Waals surface area contributed by atoms with E-state index < -0.39 is 0 Å². The minimum absolute atomic E-state index is 0. The van der Waals surface area contributed by atoms with Crippen molar-refractivity contribution in [1.29, 1.82) is 0 Å². The summed E-state index contributed by atoms with van der Waals surface area (Å²) < 4.78 is 10.9. The number of nitrogens with zero attached hydrogens (tertiary/aromatic N) is 1. The van der Waals surface area contributed by atoms with Gasteiger partial charge in [0.15, 0.2) is 5.96 Å². The van der Waals surface area contributed by atoms with Gasteiger partial charge in [0.2, 0.25) is 0 Å². The molecule has 0 aliphatic rings. The molecular formula is C19H26IN3O2. The first-order chi connectivity index (χ1) is 11.7. The maximum Gasteiger partial charge on any atom is 0.191 e. The molecule has 0 aliphatic heterocycles. The van der Waals surface area contributed by atoms with E-state index in [9.17, 15) is 0 Å². The third-order valence-electron chi connectivity index (χ3n) is 3.50. The zero-order chi connectivity index (χ0) is 17.2. The molecule has 0 spiro atoms. The molecule has 25 heavy (non-hydrogen) atoms. The second-order valence-corrected chi connectivity index (χ2v) is 5.37. The molecular weight excluding hydrogens is 429 g/mol. The van der Waals surface area contributed by atoms with E-state index in [4.69, 9.17) is 9.47 Å². The lowest BCUT2D eigenvalue weighted by Crippen LogP contribution is -2.38. The third-order valence-corrected chi connectivity index (χ3v) is 3.50. The van der Waals surface area contributed by atoms with Gasteiger partial charge >= 0.3 is 0 Å². The Balaban J connectivity index is 0.00000312. The predicted molar refractivity (Wildman–Crippen MR) is 113 cm³/mol. The minimum Gasteiger partial charge on any atom is -0.497 e. The number of ether oxygens (including phenoxy) is 2. The van der Waals surface area contributed by atoms with E-state index in [-0.39, 0.29) is 24.0 Å². The molecule has 0 aliphatic carbocycles. The highest BCUT2D eigenvalue weighted by molar-refractivity contribution is 14.0. The fourth-order valence-electron chi connectivity index (χ4n) is 2.16. The molecule has 2 rings (SSSR count). The lowest BCUT2D eigenvalue weighted by molar-refractivity contribution is 0.322. The average Bonchev–Trinajstić information content (AvgIpc) is 2.63. The lowest BCUT2D eigenvalue weighted by Gasteiger charge is -2.13. The molecule has 0 unspecified atom stereocenters. The van der Waals surface area contributed by atoms with Crippen molar-refractivity contribution in [3.63, 3.8) is 0 Å². The molecule has 2 N–H and O–H groups in total. The number of benzene rings is 2. The number of aliphatic imine (C=N–C) groups is 1. The van der Waals surface area contributed by atoms with E-state index in [1.807, 2.05) is 48.5 Å². The van der Waals surface area contributed by atoms with Crippen molar-refractivity contribution in [3.8, 4) is 11.5 Å². The zero-order valence-electron chi connectivity index (χ0n) is 14.9. The molecule has 0 saturated carbocycles. The standard InChI is InChI=1S/C19H25N3O2.HI/c1-15-7-9-17(10-8-15)24-12-11-21-19(20-2)22-14-16-5-4-6-18(13-16)23-3;/h4-10,13H,11-12,14H2,1-3H3,(H2,20,21,22);1H. The van der Waals surface area contributed by atoms with E-state index >= 15 is 0 Å². The summed E-state index contributed by atoms with van der Waals surface area (Å²) in [7, 11) is 3.42. The van der Waals surface area contributed by atoms with Gasteiger partial charge < -0.3 is 20.1 Å². The summed E-state index contributed by atoms with van der Waals surface area (Å²) in [5, 5.41) is 6.50. The molecule has 0 radical (unpaired) electrons. The number of hydrogen-bond acceptors (Lipinski definition) is 3. The first kappa shape index (κ1) is 21.1. The van der Waals surface area contributed by atoms with Crippen molar-refractivity contribution < 1.29 is 9.47 Å². The Morgan fingerprint density at radius 3 is 2.48 bits per heavy atom. The topological polar surface area (TPSA) is 54.9 Å². The van der Waals surface area contributed by atoms with Crippen molar-refractivity contribution in [1.82, 2.24) is 10.6 Å². The van der Waals surface area contributed by atoms with Crippen LogP contribution in [0.1, 0.15) is 11.1 Å². The van der Waals surface area contributed by atoms with Crippen LogP contribution in [0.2, 0.25) is 0 Å². The summed E-state index contributed by atoms with van der Waals surface area (Å²) in [6.45, 7) is 3.98. The van der Waals surface area contributed by atoms with Crippen LogP contribution in [0.25, 0.3) is 0 Å². The Bertz CT molecular complexity index is 660. The average molecular weight is 455 g/mol. The lowest BCUT2D eigenvalue weighted by atomic mass is 10.2. The second-order valence-electron chi connectivity index (χ2n) is 5.37. The smallest absolute Gasteiger partial charge is 0.191 e. The van der Waals surface area contributed by atoms with E-state index in [1.165, 1.54) is 5.56 Å². The van der Waals surface area contributed by atoms with Gasteiger partial charge in [-0.25, -0.2) is 0 Å². The molecule has 0 saturated heterocycles. The summed E-state index contributed by atoms with van der Waals surface area (Å²) in [5.41, 5.74) is 2.36. The van der Waals surface area contributed by atoms with Gasteiger partial charge in [-0.2, -0.15) is 0 Å². The van der Waals surface area contributed by atoms with Gasteiger partial charge in [-0.15, -0.1) is 24.0 Å². The second kappa shape index (κ2) is 11.6. The number of halogens is 1. The van der Waals surface area contributed by atoms with Crippen LogP contribution in [0.3, 0.4) is 0 Å². The van der Waals surface area contributed by atoms with Gasteiger partial charge in [0.1, 0.15) is 18.1 Å². The Morgan fingerprint density at radius 1 is 1.04 bits per heavy atom. The Kier molecular flexibility index (Phi) is 9.76. The molecule has 5 nitrogen and oxygen atoms in total. The van der Waals surface area contributed by atoms with Crippen LogP contribution in [0, 0.1) is 6.92 Å². The number of guanidine groups is 1. The molecule has 0 heterocycles. The predicted octanol–water partition coefficient (Wildman–Crippen LogP) is 3.37. The largest absolute Gasteiger partial charge is 0.497 e. The maximum absolute atomic E-state index is 5.69. The minimum atomic E-state index is 0. The fraction of sp³-hybridized carbons (Fsp3) is 0.316. The summed E-state index contributed by atoms with van der Waals surface area (Å²) in [6.07, 6.45) is 0. The first-order valence-corrected chi connectivity index (χ1v) is 7.98. The van der Waals surface area contributed by atoms with Crippen LogP contribution < -0.4 is 20.1 Å². The summed E-state index contributed by atoms with van der Waals surface area (Å²) in [4.78, 5) is 4.21. The summed E-state index contributed by atoms with van der Waals surface area (Å²) >= 11 is 0. The molecule has 0 bridgehead atoms. The van der Waals surface area contributed by atoms with Gasteiger partial charge in [-0.05, 0) is 36.8 Å². The van der Waals surface area contributed by atoms with Gasteiger partial charge in [0.05, 0.1) is 13.7 Å². The Hall–Kier alpha value is -1.96. The van der Waals surface area contributed by atoms with Crippen LogP contribution in [-0.2, 0) is 6.54 Å². The van der Waals surface area contributed by atoms with Crippen molar-refractivity contribution in [2.75, 3.05) is 27.3 Å². The van der Waals surface area contributed by atoms with E-state index in [0.717, 1.165) is 23.0 Å². The third kappa shape index (κ3) is 7.64. The van der Waals surface area contributed by atoms with Crippen molar-refractivity contribution >= 4 is 29.9 Å². The zero-order valence-corrected chi connectivity index (χ0v) is 17.2. The van der Waals surface area contributed by atoms with E-state index in [0.29, 0.717) is 19.7 Å². The normalized spacial score (nSPS) is 10.6. The number of nitrogens with one attached hydrogen (secondary N) is 2. The van der Waals surface area contributed by atoms with Crippen LogP contribution >= 0.6 is 24.0 Å². The monoisotopic (exact) mass is 455 g/mol. The van der Waals surface area contributed by atoms with Crippen LogP contribution in [0.5, 0.6) is 11.5 Å². The van der Waals surface area contributed by atoms with Crippen molar-refractivity contribution in [3.05, 3.63) is 59.7 Å². The van der Waals surface area contributed by atoms with E-state index in [2.05, 4.69) is 22.5 Å². The highest BCUT2D eigenvalue weighted by Crippen LogP contribution is 2.12. The van der Waals surface area contributed by atoms with Crippen molar-refractivity contribution in [2.24, 2.45) is 4.99 Å². The van der Waals surface area contributed by atoms with Crippen LogP contribution in [-0.4, -0.2) is 33.3 Å². The maximum atomic E-state index is 5.69. The number of aryl methyl sites for hydroxylation is 1. The highest BCUT2D eigenvalue weighted by atomic mass is 127.